The van der Waals surface area contributed by atoms with Gasteiger partial charge in [-0.2, -0.15) is 0 Å². The Morgan fingerprint density at radius 2 is 1.63 bits per heavy atom. The number of amides is 3. The number of primary amides is 1. The number of hydrogen-bond acceptors (Lipinski definition) is 5. The van der Waals surface area contributed by atoms with Crippen LogP contribution in [-0.4, -0.2) is 50.1 Å². The highest BCUT2D eigenvalue weighted by molar-refractivity contribution is 5.96. The van der Waals surface area contributed by atoms with Crippen LogP contribution in [0.15, 0.2) is 54.6 Å². The number of hydrogen-bond donors (Lipinski definition) is 2. The van der Waals surface area contributed by atoms with E-state index >= 15 is 0 Å². The standard InChI is InChI=1S/C20H24N4O3/c1-27-17-10-6-5-9-16(17)23-11-13-24(14-12-23)18(19(25)22-20(21)26)15-7-3-2-4-8-15/h2-10,18H,11-14H2,1H3,(H3,21,22,25,26)/t18-/m0/s1. The molecule has 0 bridgehead atoms. The summed E-state index contributed by atoms with van der Waals surface area (Å²) >= 11 is 0. The van der Waals surface area contributed by atoms with Crippen LogP contribution in [0.4, 0.5) is 10.5 Å². The van der Waals surface area contributed by atoms with Gasteiger partial charge in [0.25, 0.3) is 0 Å². The van der Waals surface area contributed by atoms with E-state index in [9.17, 15) is 9.59 Å². The molecule has 7 heteroatoms. The number of para-hydroxylation sites is 2. The third-order valence-electron chi connectivity index (χ3n) is 4.72. The minimum Gasteiger partial charge on any atom is -0.495 e. The van der Waals surface area contributed by atoms with Crippen LogP contribution in [0.2, 0.25) is 0 Å². The zero-order chi connectivity index (χ0) is 19.2. The molecule has 0 saturated carbocycles. The van der Waals surface area contributed by atoms with Gasteiger partial charge in [0.1, 0.15) is 11.8 Å². The summed E-state index contributed by atoms with van der Waals surface area (Å²) in [4.78, 5) is 28.1. The molecule has 0 spiro atoms. The van der Waals surface area contributed by atoms with E-state index in [1.165, 1.54) is 0 Å². The average Bonchev–Trinajstić information content (AvgIpc) is 2.69. The molecule has 2 aromatic carbocycles. The quantitative estimate of drug-likeness (QED) is 0.840. The Morgan fingerprint density at radius 3 is 2.26 bits per heavy atom. The first-order chi connectivity index (χ1) is 13.1. The van der Waals surface area contributed by atoms with E-state index in [-0.39, 0.29) is 0 Å². The summed E-state index contributed by atoms with van der Waals surface area (Å²) in [5.41, 5.74) is 7.03. The van der Waals surface area contributed by atoms with E-state index in [0.717, 1.165) is 30.1 Å². The smallest absolute Gasteiger partial charge is 0.318 e. The number of piperazine rings is 1. The Bertz CT molecular complexity index is 789. The fourth-order valence-corrected chi connectivity index (χ4v) is 3.47. The van der Waals surface area contributed by atoms with Crippen molar-refractivity contribution in [2.45, 2.75) is 6.04 Å². The molecule has 27 heavy (non-hydrogen) atoms. The predicted octanol–water partition coefficient (Wildman–Crippen LogP) is 1.75. The van der Waals surface area contributed by atoms with Gasteiger partial charge in [-0.15, -0.1) is 0 Å². The number of urea groups is 1. The number of nitrogens with zero attached hydrogens (tertiary/aromatic N) is 2. The summed E-state index contributed by atoms with van der Waals surface area (Å²) in [5, 5.41) is 2.22. The maximum atomic E-state index is 12.6. The van der Waals surface area contributed by atoms with Crippen LogP contribution < -0.4 is 20.7 Å². The number of methoxy groups -OCH3 is 1. The second-order valence-electron chi connectivity index (χ2n) is 6.36. The molecule has 0 aromatic heterocycles. The van der Waals surface area contributed by atoms with Gasteiger partial charge in [-0.25, -0.2) is 4.79 Å². The summed E-state index contributed by atoms with van der Waals surface area (Å²) in [6.45, 7) is 2.83. The number of benzene rings is 2. The molecule has 3 N–H and O–H groups in total. The van der Waals surface area contributed by atoms with Crippen LogP contribution in [0.25, 0.3) is 0 Å². The van der Waals surface area contributed by atoms with Crippen molar-refractivity contribution in [2.75, 3.05) is 38.2 Å². The maximum Gasteiger partial charge on any atom is 0.318 e. The van der Waals surface area contributed by atoms with Crippen molar-refractivity contribution in [3.8, 4) is 5.75 Å². The van der Waals surface area contributed by atoms with Crippen molar-refractivity contribution in [3.05, 3.63) is 60.2 Å². The molecule has 3 amide bonds. The monoisotopic (exact) mass is 368 g/mol. The van der Waals surface area contributed by atoms with Gasteiger partial charge in [-0.3, -0.25) is 15.0 Å². The number of ether oxygens (including phenoxy) is 1. The Morgan fingerprint density at radius 1 is 1.00 bits per heavy atom. The third kappa shape index (κ3) is 4.38. The van der Waals surface area contributed by atoms with Crippen molar-refractivity contribution in [1.29, 1.82) is 0 Å². The summed E-state index contributed by atoms with van der Waals surface area (Å²) in [7, 11) is 1.66. The van der Waals surface area contributed by atoms with Crippen molar-refractivity contribution in [2.24, 2.45) is 5.73 Å². The van der Waals surface area contributed by atoms with Crippen LogP contribution in [-0.2, 0) is 4.79 Å². The minimum absolute atomic E-state index is 0.403. The van der Waals surface area contributed by atoms with Crippen molar-refractivity contribution in [3.63, 3.8) is 0 Å². The number of nitrogens with two attached hydrogens (primary N) is 1. The van der Waals surface area contributed by atoms with E-state index in [4.69, 9.17) is 10.5 Å². The SMILES string of the molecule is COc1ccccc1N1CCN([C@H](C(=O)NC(N)=O)c2ccccc2)CC1. The summed E-state index contributed by atoms with van der Waals surface area (Å²) < 4.78 is 5.45. The molecule has 3 rings (SSSR count). The molecule has 0 aliphatic carbocycles. The zero-order valence-electron chi connectivity index (χ0n) is 15.3. The molecule has 2 aromatic rings. The van der Waals surface area contributed by atoms with Gasteiger partial charge in [-0.1, -0.05) is 42.5 Å². The largest absolute Gasteiger partial charge is 0.495 e. The number of rotatable bonds is 5. The van der Waals surface area contributed by atoms with Gasteiger partial charge in [-0.05, 0) is 17.7 Å². The molecule has 0 radical (unpaired) electrons. The lowest BCUT2D eigenvalue weighted by Crippen LogP contribution is -2.52. The summed E-state index contributed by atoms with van der Waals surface area (Å²) in [5.74, 6) is 0.427. The average molecular weight is 368 g/mol. The van der Waals surface area contributed by atoms with Gasteiger partial charge in [0.05, 0.1) is 12.8 Å². The lowest BCUT2D eigenvalue weighted by atomic mass is 10.0. The molecule has 142 valence electrons. The zero-order valence-corrected chi connectivity index (χ0v) is 15.3. The molecule has 1 aliphatic rings. The Labute approximate surface area is 158 Å². The number of anilines is 1. The fraction of sp³-hybridized carbons (Fsp3) is 0.300. The minimum atomic E-state index is -0.839. The fourth-order valence-electron chi connectivity index (χ4n) is 3.47. The molecule has 1 fully saturated rings. The topological polar surface area (TPSA) is 87.9 Å². The molecule has 7 nitrogen and oxygen atoms in total. The molecular formula is C20H24N4O3. The van der Waals surface area contributed by atoms with Gasteiger partial charge >= 0.3 is 6.03 Å². The van der Waals surface area contributed by atoms with Gasteiger partial charge in [0.15, 0.2) is 0 Å². The molecule has 1 aliphatic heterocycles. The predicted molar refractivity (Wildman–Crippen MR) is 104 cm³/mol. The number of imide groups is 1. The lowest BCUT2D eigenvalue weighted by molar-refractivity contribution is -0.125. The summed E-state index contributed by atoms with van der Waals surface area (Å²) in [6.07, 6.45) is 0. The Hall–Kier alpha value is -3.06. The highest BCUT2D eigenvalue weighted by Crippen LogP contribution is 2.30. The van der Waals surface area contributed by atoms with Crippen LogP contribution in [0.5, 0.6) is 5.75 Å². The third-order valence-corrected chi connectivity index (χ3v) is 4.72. The van der Waals surface area contributed by atoms with E-state index in [2.05, 4.69) is 15.1 Å². The van der Waals surface area contributed by atoms with Crippen LogP contribution in [0.1, 0.15) is 11.6 Å². The number of nitrogens with one attached hydrogen (secondary N) is 1. The first-order valence-electron chi connectivity index (χ1n) is 8.87. The Kier molecular flexibility index (Phi) is 5.93. The van der Waals surface area contributed by atoms with Gasteiger partial charge in [0.2, 0.25) is 5.91 Å². The highest BCUT2D eigenvalue weighted by Gasteiger charge is 2.31. The van der Waals surface area contributed by atoms with Crippen molar-refractivity contribution < 1.29 is 14.3 Å². The van der Waals surface area contributed by atoms with E-state index < -0.39 is 18.0 Å². The van der Waals surface area contributed by atoms with Crippen molar-refractivity contribution >= 4 is 17.6 Å². The first kappa shape index (κ1) is 18.7. The molecule has 1 heterocycles. The number of carbonyl (C=O) groups excluding carboxylic acids is 2. The van der Waals surface area contributed by atoms with Crippen molar-refractivity contribution in [1.82, 2.24) is 10.2 Å². The maximum absolute atomic E-state index is 12.6. The highest BCUT2D eigenvalue weighted by atomic mass is 16.5. The second kappa shape index (κ2) is 8.55. The summed E-state index contributed by atoms with van der Waals surface area (Å²) in [6, 6.07) is 15.9. The van der Waals surface area contributed by atoms with Gasteiger partial charge in [0, 0.05) is 26.2 Å². The van der Waals surface area contributed by atoms with Crippen LogP contribution in [0.3, 0.4) is 0 Å². The molecule has 1 saturated heterocycles. The Balaban J connectivity index is 1.76. The van der Waals surface area contributed by atoms with E-state index in [0.29, 0.717) is 13.1 Å². The molecule has 0 unspecified atom stereocenters. The number of carbonyl (C=O) groups is 2. The first-order valence-corrected chi connectivity index (χ1v) is 8.87. The normalized spacial score (nSPS) is 15.8. The molecular weight excluding hydrogens is 344 g/mol. The van der Waals surface area contributed by atoms with Gasteiger partial charge < -0.3 is 15.4 Å². The van der Waals surface area contributed by atoms with E-state index in [1.54, 1.807) is 7.11 Å². The lowest BCUT2D eigenvalue weighted by Gasteiger charge is -2.40. The molecule has 1 atom stereocenters. The van der Waals surface area contributed by atoms with Crippen LogP contribution >= 0.6 is 0 Å². The second-order valence-corrected chi connectivity index (χ2v) is 6.36. The van der Waals surface area contributed by atoms with Crippen LogP contribution in [0, 0.1) is 0 Å². The van der Waals surface area contributed by atoms with E-state index in [1.807, 2.05) is 54.6 Å².